The Bertz CT molecular complexity index is 737. The van der Waals surface area contributed by atoms with Crippen LogP contribution in [0.25, 0.3) is 11.5 Å². The Balaban J connectivity index is 1.74. The van der Waals surface area contributed by atoms with Gasteiger partial charge in [0.1, 0.15) is 12.0 Å². The smallest absolute Gasteiger partial charge is 0.303 e. The molecule has 7 heteroatoms. The number of carbonyl (C=O) groups excluding carboxylic acids is 1. The van der Waals surface area contributed by atoms with E-state index in [0.717, 1.165) is 30.0 Å². The molecule has 0 bridgehead atoms. The van der Waals surface area contributed by atoms with E-state index in [0.29, 0.717) is 24.3 Å². The molecule has 3 rings (SSSR count). The Morgan fingerprint density at radius 1 is 1.46 bits per heavy atom. The normalized spacial score (nSPS) is 17.9. The fraction of sp³-hybridized carbons (Fsp3) is 0.471. The highest BCUT2D eigenvalue weighted by Gasteiger charge is 2.28. The topological polar surface area (TPSA) is 83.6 Å². The fourth-order valence-corrected chi connectivity index (χ4v) is 3.69. The number of hydrogen-bond donors (Lipinski definition) is 1. The molecule has 1 aliphatic heterocycles. The summed E-state index contributed by atoms with van der Waals surface area (Å²) in [6.07, 6.45) is 4.89. The van der Waals surface area contributed by atoms with Crippen LogP contribution in [0.3, 0.4) is 0 Å². The number of hydrogen-bond acceptors (Lipinski definition) is 5. The molecule has 2 aromatic heterocycles. The summed E-state index contributed by atoms with van der Waals surface area (Å²) in [6.45, 7) is 2.59. The van der Waals surface area contributed by atoms with Crippen LogP contribution in [-0.2, 0) is 4.79 Å². The zero-order valence-corrected chi connectivity index (χ0v) is 14.3. The summed E-state index contributed by atoms with van der Waals surface area (Å²) >= 11 is 1.53. The molecule has 0 radical (unpaired) electrons. The summed E-state index contributed by atoms with van der Waals surface area (Å²) in [5.74, 6) is -0.327. The van der Waals surface area contributed by atoms with Gasteiger partial charge >= 0.3 is 5.97 Å². The molecular formula is C17H20N2O4S. The average Bonchev–Trinajstić information content (AvgIpc) is 3.21. The summed E-state index contributed by atoms with van der Waals surface area (Å²) in [5.41, 5.74) is 1.23. The second kappa shape index (κ2) is 7.17. The maximum absolute atomic E-state index is 12.8. The number of rotatable bonds is 5. The van der Waals surface area contributed by atoms with Crippen molar-refractivity contribution in [2.75, 3.05) is 6.54 Å². The van der Waals surface area contributed by atoms with Gasteiger partial charge in [0.2, 0.25) is 0 Å². The largest absolute Gasteiger partial charge is 0.481 e. The summed E-state index contributed by atoms with van der Waals surface area (Å²) in [6, 6.07) is 1.71. The van der Waals surface area contributed by atoms with Crippen LogP contribution in [0.1, 0.15) is 47.5 Å². The molecule has 1 aliphatic rings. The third-order valence-electron chi connectivity index (χ3n) is 4.30. The van der Waals surface area contributed by atoms with E-state index in [2.05, 4.69) is 4.98 Å². The van der Waals surface area contributed by atoms with Crippen LogP contribution in [-0.4, -0.2) is 39.5 Å². The fourth-order valence-electron chi connectivity index (χ4n) is 3.08. The molecule has 1 atom stereocenters. The number of thiazole rings is 1. The molecule has 1 saturated heterocycles. The van der Waals surface area contributed by atoms with Crippen LogP contribution in [0, 0.1) is 6.92 Å². The number of amides is 1. The van der Waals surface area contributed by atoms with Crippen molar-refractivity contribution in [3.63, 3.8) is 0 Å². The van der Waals surface area contributed by atoms with Crippen molar-refractivity contribution in [1.82, 2.24) is 9.88 Å². The number of aliphatic carboxylic acids is 1. The Morgan fingerprint density at radius 3 is 3.00 bits per heavy atom. The number of carbonyl (C=O) groups is 2. The second-order valence-corrected chi connectivity index (χ2v) is 7.09. The van der Waals surface area contributed by atoms with Gasteiger partial charge in [0, 0.05) is 24.4 Å². The van der Waals surface area contributed by atoms with Gasteiger partial charge in [-0.25, -0.2) is 4.98 Å². The lowest BCUT2D eigenvalue weighted by atomic mass is 9.97. The minimum absolute atomic E-state index is 0.0118. The highest BCUT2D eigenvalue weighted by atomic mass is 32.1. The molecule has 3 heterocycles. The number of carboxylic acids is 1. The molecule has 1 amide bonds. The molecule has 0 aliphatic carbocycles. The maximum Gasteiger partial charge on any atom is 0.303 e. The summed E-state index contributed by atoms with van der Waals surface area (Å²) in [5, 5.41) is 11.7. The number of aryl methyl sites for hydroxylation is 1. The van der Waals surface area contributed by atoms with E-state index in [-0.39, 0.29) is 18.4 Å². The van der Waals surface area contributed by atoms with Gasteiger partial charge in [-0.2, -0.15) is 0 Å². The molecule has 2 aromatic rings. The monoisotopic (exact) mass is 348 g/mol. The molecule has 24 heavy (non-hydrogen) atoms. The van der Waals surface area contributed by atoms with E-state index < -0.39 is 5.97 Å². The first kappa shape index (κ1) is 16.7. The third-order valence-corrected chi connectivity index (χ3v) is 5.07. The molecular weight excluding hydrogens is 328 g/mol. The molecule has 0 saturated carbocycles. The van der Waals surface area contributed by atoms with Crippen molar-refractivity contribution in [3.05, 3.63) is 28.3 Å². The molecule has 0 unspecified atom stereocenters. The van der Waals surface area contributed by atoms with Crippen LogP contribution >= 0.6 is 11.3 Å². The van der Waals surface area contributed by atoms with Gasteiger partial charge in [-0.15, -0.1) is 11.3 Å². The van der Waals surface area contributed by atoms with Gasteiger partial charge in [0.05, 0.1) is 10.6 Å². The standard InChI is InChI=1S/C17H20N2O4S/c1-11-18-14(10-24-11)15-8-12(9-23-15)17(22)19-7-3-2-4-13(19)5-6-16(20)21/h8-10,13H,2-7H2,1H3,(H,20,21)/t13-/m0/s1. The van der Waals surface area contributed by atoms with E-state index in [9.17, 15) is 9.59 Å². The lowest BCUT2D eigenvalue weighted by molar-refractivity contribution is -0.137. The second-order valence-electron chi connectivity index (χ2n) is 6.03. The SMILES string of the molecule is Cc1nc(-c2cc(C(=O)N3CCCC[C@H]3CCC(=O)O)co2)cs1. The summed E-state index contributed by atoms with van der Waals surface area (Å²) < 4.78 is 5.51. The van der Waals surface area contributed by atoms with E-state index >= 15 is 0 Å². The van der Waals surface area contributed by atoms with Crippen molar-refractivity contribution >= 4 is 23.2 Å². The Morgan fingerprint density at radius 2 is 2.29 bits per heavy atom. The van der Waals surface area contributed by atoms with Crippen molar-refractivity contribution < 1.29 is 19.1 Å². The van der Waals surface area contributed by atoms with Crippen LogP contribution in [0.15, 0.2) is 22.1 Å². The van der Waals surface area contributed by atoms with Gasteiger partial charge in [0.15, 0.2) is 5.76 Å². The van der Waals surface area contributed by atoms with E-state index in [1.165, 1.54) is 17.6 Å². The van der Waals surface area contributed by atoms with Crippen molar-refractivity contribution in [2.45, 2.75) is 45.1 Å². The van der Waals surface area contributed by atoms with Crippen LogP contribution < -0.4 is 0 Å². The Hall–Kier alpha value is -2.15. The van der Waals surface area contributed by atoms with E-state index in [1.807, 2.05) is 12.3 Å². The van der Waals surface area contributed by atoms with Crippen LogP contribution in [0.2, 0.25) is 0 Å². The first-order valence-electron chi connectivity index (χ1n) is 8.08. The van der Waals surface area contributed by atoms with Gasteiger partial charge < -0.3 is 14.4 Å². The average molecular weight is 348 g/mol. The lowest BCUT2D eigenvalue weighted by Gasteiger charge is -2.35. The van der Waals surface area contributed by atoms with E-state index in [1.54, 1.807) is 11.0 Å². The van der Waals surface area contributed by atoms with Crippen LogP contribution in [0.5, 0.6) is 0 Å². The number of carboxylic acid groups (broad SMARTS) is 1. The molecule has 1 N–H and O–H groups in total. The lowest BCUT2D eigenvalue weighted by Crippen LogP contribution is -2.43. The number of likely N-dealkylation sites (tertiary alicyclic amines) is 1. The highest BCUT2D eigenvalue weighted by molar-refractivity contribution is 7.09. The molecule has 1 fully saturated rings. The predicted octanol–water partition coefficient (Wildman–Crippen LogP) is 3.57. The minimum Gasteiger partial charge on any atom is -0.481 e. The first-order valence-corrected chi connectivity index (χ1v) is 8.96. The number of furan rings is 1. The zero-order valence-electron chi connectivity index (χ0n) is 13.5. The number of piperidine rings is 1. The molecule has 6 nitrogen and oxygen atoms in total. The van der Waals surface area contributed by atoms with Gasteiger partial charge in [-0.05, 0) is 38.7 Å². The quantitative estimate of drug-likeness (QED) is 0.893. The Labute approximate surface area is 144 Å². The summed E-state index contributed by atoms with van der Waals surface area (Å²) in [7, 11) is 0. The minimum atomic E-state index is -0.822. The van der Waals surface area contributed by atoms with Crippen molar-refractivity contribution in [2.24, 2.45) is 0 Å². The zero-order chi connectivity index (χ0) is 17.1. The first-order chi connectivity index (χ1) is 11.5. The van der Waals surface area contributed by atoms with Crippen molar-refractivity contribution in [3.8, 4) is 11.5 Å². The highest BCUT2D eigenvalue weighted by Crippen LogP contribution is 2.27. The summed E-state index contributed by atoms with van der Waals surface area (Å²) in [4.78, 5) is 29.8. The number of nitrogens with zero attached hydrogens (tertiary/aromatic N) is 2. The van der Waals surface area contributed by atoms with Gasteiger partial charge in [0.25, 0.3) is 5.91 Å². The van der Waals surface area contributed by atoms with E-state index in [4.69, 9.17) is 9.52 Å². The number of aromatic nitrogens is 1. The van der Waals surface area contributed by atoms with Gasteiger partial charge in [-0.1, -0.05) is 0 Å². The predicted molar refractivity (Wildman–Crippen MR) is 90.1 cm³/mol. The molecule has 0 spiro atoms. The molecule has 0 aromatic carbocycles. The van der Waals surface area contributed by atoms with Gasteiger partial charge in [-0.3, -0.25) is 9.59 Å². The Kier molecular flexibility index (Phi) is 4.99. The molecule has 128 valence electrons. The van der Waals surface area contributed by atoms with Crippen molar-refractivity contribution in [1.29, 1.82) is 0 Å². The van der Waals surface area contributed by atoms with Crippen LogP contribution in [0.4, 0.5) is 0 Å². The maximum atomic E-state index is 12.8. The third kappa shape index (κ3) is 3.67.